The van der Waals surface area contributed by atoms with Gasteiger partial charge in [0.2, 0.25) is 0 Å². The highest BCUT2D eigenvalue weighted by atomic mass is 19.3. The lowest BCUT2D eigenvalue weighted by atomic mass is 9.95. The Hall–Kier alpha value is -4.39. The van der Waals surface area contributed by atoms with Crippen LogP contribution in [0.15, 0.2) is 42.6 Å². The van der Waals surface area contributed by atoms with Crippen LogP contribution in [0.2, 0.25) is 0 Å². The van der Waals surface area contributed by atoms with E-state index in [9.17, 15) is 13.6 Å². The molecular formula is C37H41F3N6O4. The Bertz CT molecular complexity index is 1930. The number of carbonyl (C=O) groups is 1. The van der Waals surface area contributed by atoms with Crippen molar-refractivity contribution in [3.8, 4) is 23.0 Å². The van der Waals surface area contributed by atoms with E-state index in [2.05, 4.69) is 19.8 Å². The van der Waals surface area contributed by atoms with Crippen molar-refractivity contribution >= 4 is 33.6 Å². The van der Waals surface area contributed by atoms with Crippen LogP contribution in [0.4, 0.5) is 23.8 Å². The van der Waals surface area contributed by atoms with E-state index in [-0.39, 0.29) is 46.7 Å². The molecule has 0 radical (unpaired) electrons. The zero-order valence-corrected chi connectivity index (χ0v) is 28.5. The summed E-state index contributed by atoms with van der Waals surface area (Å²) in [6, 6.07) is 9.77. The predicted molar refractivity (Wildman–Crippen MR) is 182 cm³/mol. The van der Waals surface area contributed by atoms with Crippen LogP contribution in [0.25, 0.3) is 32.9 Å². The monoisotopic (exact) mass is 690 g/mol. The maximum Gasteiger partial charge on any atom is 0.410 e. The minimum absolute atomic E-state index is 0.0216. The number of benzene rings is 2. The normalized spacial score (nSPS) is 21.7. The number of carbonyl (C=O) groups excluding carboxylic acids is 1. The molecule has 2 atom stereocenters. The van der Waals surface area contributed by atoms with E-state index in [4.69, 9.17) is 19.2 Å². The van der Waals surface area contributed by atoms with Crippen LogP contribution >= 0.6 is 0 Å². The van der Waals surface area contributed by atoms with Crippen LogP contribution in [0.5, 0.6) is 11.8 Å². The third-order valence-corrected chi connectivity index (χ3v) is 10.6. The molecule has 13 heteroatoms. The number of halogens is 3. The number of aromatic nitrogens is 3. The summed E-state index contributed by atoms with van der Waals surface area (Å²) in [6.07, 6.45) is 7.08. The number of ether oxygens (including phenoxy) is 3. The summed E-state index contributed by atoms with van der Waals surface area (Å²) in [5, 5.41) is 1.32. The molecule has 0 spiro atoms. The van der Waals surface area contributed by atoms with Crippen molar-refractivity contribution in [2.45, 2.75) is 89.1 Å². The topological polar surface area (TPSA) is 93.2 Å². The van der Waals surface area contributed by atoms with Crippen molar-refractivity contribution in [1.82, 2.24) is 24.8 Å². The van der Waals surface area contributed by atoms with Crippen LogP contribution in [-0.4, -0.2) is 93.5 Å². The van der Waals surface area contributed by atoms with Gasteiger partial charge in [-0.05, 0) is 83.8 Å². The van der Waals surface area contributed by atoms with E-state index in [1.54, 1.807) is 36.5 Å². The van der Waals surface area contributed by atoms with Crippen LogP contribution in [0.3, 0.4) is 0 Å². The molecule has 2 bridgehead atoms. The molecule has 4 aliphatic rings. The number of amides is 1. The first-order valence-electron chi connectivity index (χ1n) is 17.5. The Labute approximate surface area is 288 Å². The maximum absolute atomic E-state index is 17.0. The largest absolute Gasteiger partial charge is 0.461 e. The van der Waals surface area contributed by atoms with Gasteiger partial charge in [0, 0.05) is 30.2 Å². The fourth-order valence-electron chi connectivity index (χ4n) is 8.56. The van der Waals surface area contributed by atoms with Crippen molar-refractivity contribution in [1.29, 1.82) is 0 Å². The maximum atomic E-state index is 17.0. The first-order chi connectivity index (χ1) is 24.0. The van der Waals surface area contributed by atoms with E-state index >= 15 is 4.39 Å². The van der Waals surface area contributed by atoms with Crippen molar-refractivity contribution in [3.63, 3.8) is 0 Å². The number of pyridine rings is 1. The van der Waals surface area contributed by atoms with Gasteiger partial charge in [0.05, 0.1) is 23.0 Å². The summed E-state index contributed by atoms with van der Waals surface area (Å²) in [5.41, 5.74) is -0.420. The standard InChI is InChI=1S/C37H41F3N6O4/c1-36(2,3)50-35(47)46-23-12-13-24(46)20-44(19-23)32-26-18-41-30(25-10-4-8-22-9-5-11-27(28(22)25)49-33(39)40)29(38)31(26)42-34(43-32)48-21-37-14-6-16-45(37)17-7-15-37/h4-5,8-11,18,23-24,33H,6-7,12-17,19-21H2,1-3H3/t23-,24+. The average Bonchev–Trinajstić information content (AvgIpc) is 3.73. The zero-order chi connectivity index (χ0) is 34.8. The molecule has 4 aliphatic heterocycles. The number of fused-ring (bicyclic) bond motifs is 5. The van der Waals surface area contributed by atoms with Crippen LogP contribution in [0.1, 0.15) is 59.3 Å². The van der Waals surface area contributed by atoms with Gasteiger partial charge < -0.3 is 19.1 Å². The highest BCUT2D eigenvalue weighted by Crippen LogP contribution is 2.42. The molecule has 0 N–H and O–H groups in total. The quantitative estimate of drug-likeness (QED) is 0.200. The molecule has 0 aliphatic carbocycles. The highest BCUT2D eigenvalue weighted by molar-refractivity contribution is 6.02. The Kier molecular flexibility index (Phi) is 8.15. The lowest BCUT2D eigenvalue weighted by molar-refractivity contribution is -0.0487. The van der Waals surface area contributed by atoms with Gasteiger partial charge in [-0.1, -0.05) is 30.3 Å². The molecule has 10 nitrogen and oxygen atoms in total. The number of alkyl halides is 2. The summed E-state index contributed by atoms with van der Waals surface area (Å²) in [4.78, 5) is 33.7. The second-order valence-electron chi connectivity index (χ2n) is 14.9. The lowest BCUT2D eigenvalue weighted by Gasteiger charge is -2.42. The van der Waals surface area contributed by atoms with Crippen LogP contribution in [-0.2, 0) is 4.74 Å². The molecular weight excluding hydrogens is 649 g/mol. The Morgan fingerprint density at radius 1 is 1.02 bits per heavy atom. The third kappa shape index (κ3) is 5.82. The molecule has 2 aromatic carbocycles. The molecule has 2 aromatic heterocycles. The second-order valence-corrected chi connectivity index (χ2v) is 14.9. The summed E-state index contributed by atoms with van der Waals surface area (Å²) in [7, 11) is 0. The predicted octanol–water partition coefficient (Wildman–Crippen LogP) is 7.18. The van der Waals surface area contributed by atoms with Crippen molar-refractivity contribution in [2.24, 2.45) is 0 Å². The number of hydrogen-bond acceptors (Lipinski definition) is 9. The fraction of sp³-hybridized carbons (Fsp3) is 0.514. The first-order valence-corrected chi connectivity index (χ1v) is 17.5. The molecule has 1 amide bonds. The Morgan fingerprint density at radius 2 is 1.72 bits per heavy atom. The minimum Gasteiger partial charge on any atom is -0.461 e. The number of rotatable bonds is 7. The van der Waals surface area contributed by atoms with Gasteiger partial charge in [0.1, 0.15) is 35.0 Å². The van der Waals surface area contributed by atoms with Crippen LogP contribution < -0.4 is 14.4 Å². The summed E-state index contributed by atoms with van der Waals surface area (Å²) >= 11 is 0. The second kappa shape index (κ2) is 12.4. The van der Waals surface area contributed by atoms with Gasteiger partial charge in [-0.3, -0.25) is 14.8 Å². The minimum atomic E-state index is -3.06. The fourth-order valence-corrected chi connectivity index (χ4v) is 8.56. The summed E-state index contributed by atoms with van der Waals surface area (Å²) in [5.74, 6) is -0.306. The van der Waals surface area contributed by atoms with E-state index < -0.39 is 18.0 Å². The number of piperazine rings is 1. The molecule has 4 aromatic rings. The van der Waals surface area contributed by atoms with Crippen molar-refractivity contribution < 1.29 is 32.2 Å². The number of hydrogen-bond donors (Lipinski definition) is 0. The van der Waals surface area contributed by atoms with Crippen molar-refractivity contribution in [2.75, 3.05) is 37.7 Å². The molecule has 0 unspecified atom stereocenters. The molecule has 4 saturated heterocycles. The summed E-state index contributed by atoms with van der Waals surface area (Å²) < 4.78 is 60.8. The average molecular weight is 691 g/mol. The van der Waals surface area contributed by atoms with Crippen molar-refractivity contribution in [3.05, 3.63) is 48.4 Å². The first kappa shape index (κ1) is 32.8. The third-order valence-electron chi connectivity index (χ3n) is 10.6. The molecule has 4 fully saturated rings. The van der Waals surface area contributed by atoms with Gasteiger partial charge in [-0.2, -0.15) is 18.7 Å². The van der Waals surface area contributed by atoms with Gasteiger partial charge in [-0.25, -0.2) is 9.18 Å². The molecule has 6 heterocycles. The van der Waals surface area contributed by atoms with Gasteiger partial charge in [0.25, 0.3) is 0 Å². The van der Waals surface area contributed by atoms with E-state index in [0.717, 1.165) is 51.6 Å². The van der Waals surface area contributed by atoms with Gasteiger partial charge in [-0.15, -0.1) is 0 Å². The highest BCUT2D eigenvalue weighted by Gasteiger charge is 2.46. The van der Waals surface area contributed by atoms with Gasteiger partial charge in [0.15, 0.2) is 5.82 Å². The summed E-state index contributed by atoms with van der Waals surface area (Å²) in [6.45, 7) is 5.91. The molecule has 264 valence electrons. The SMILES string of the molecule is CC(C)(C)OC(=O)N1[C@@H]2CC[C@H]1CN(c1nc(OCC34CCCN3CCC4)nc3c(F)c(-c4cccc5cccc(OC(F)F)c45)ncc13)C2. The smallest absolute Gasteiger partial charge is 0.410 e. The van der Waals surface area contributed by atoms with E-state index in [0.29, 0.717) is 47.2 Å². The molecule has 0 saturated carbocycles. The number of anilines is 1. The number of nitrogens with zero attached hydrogens (tertiary/aromatic N) is 6. The van der Waals surface area contributed by atoms with E-state index in [1.165, 1.54) is 6.07 Å². The van der Waals surface area contributed by atoms with E-state index in [1.807, 2.05) is 25.7 Å². The van der Waals surface area contributed by atoms with Crippen LogP contribution in [0, 0.1) is 5.82 Å². The van der Waals surface area contributed by atoms with Gasteiger partial charge >= 0.3 is 18.7 Å². The zero-order valence-electron chi connectivity index (χ0n) is 28.5. The molecule has 50 heavy (non-hydrogen) atoms. The Morgan fingerprint density at radius 3 is 2.40 bits per heavy atom. The molecule has 8 rings (SSSR count). The lowest BCUT2D eigenvalue weighted by Crippen LogP contribution is -2.57. The Balaban J connectivity index is 1.21.